The minimum Gasteiger partial charge on any atom is -0.497 e. The van der Waals surface area contributed by atoms with Crippen LogP contribution in [0.15, 0.2) is 54.6 Å². The zero-order valence-corrected chi connectivity index (χ0v) is 18.7. The predicted molar refractivity (Wildman–Crippen MR) is 120 cm³/mol. The van der Waals surface area contributed by atoms with Crippen LogP contribution in [0.3, 0.4) is 0 Å². The Hall–Kier alpha value is -3.54. The van der Waals surface area contributed by atoms with Crippen LogP contribution in [0.4, 0.5) is 0 Å². The highest BCUT2D eigenvalue weighted by molar-refractivity contribution is 5.66. The summed E-state index contributed by atoms with van der Waals surface area (Å²) in [6, 6.07) is 17.7. The van der Waals surface area contributed by atoms with Gasteiger partial charge in [-0.05, 0) is 35.4 Å². The fourth-order valence-corrected chi connectivity index (χ4v) is 3.72. The molecule has 0 heterocycles. The van der Waals surface area contributed by atoms with Crippen molar-refractivity contribution in [3.63, 3.8) is 0 Å². The number of hydrogen-bond donors (Lipinski definition) is 0. The first kappa shape index (κ1) is 22.2. The number of rotatable bonds is 9. The highest BCUT2D eigenvalue weighted by Crippen LogP contribution is 2.51. The lowest BCUT2D eigenvalue weighted by Crippen LogP contribution is -2.09. The van der Waals surface area contributed by atoms with E-state index in [1.54, 1.807) is 42.7 Å². The van der Waals surface area contributed by atoms with Gasteiger partial charge in [0.15, 0.2) is 11.5 Å². The topological polar surface area (TPSA) is 55.4 Å². The van der Waals surface area contributed by atoms with E-state index < -0.39 is 0 Å². The Kier molecular flexibility index (Phi) is 7.13. The maximum Gasteiger partial charge on any atom is 0.203 e. The Morgan fingerprint density at radius 1 is 0.484 bits per heavy atom. The number of ether oxygens (including phenoxy) is 6. The van der Waals surface area contributed by atoms with Gasteiger partial charge in [-0.3, -0.25) is 0 Å². The van der Waals surface area contributed by atoms with Gasteiger partial charge in [-0.2, -0.15) is 0 Å². The molecule has 0 spiro atoms. The molecular formula is C25H28O6. The molecule has 3 aromatic rings. The standard InChI is InChI=1S/C25H28O6/c1-26-18-11-7-16(8-12-18)22(17-9-13-19(27-2)14-10-17)23-20(28-3)15-21(29-4)24(30-5)25(23)31-6/h7-15,22H,1-6H3. The second kappa shape index (κ2) is 9.98. The van der Waals surface area contributed by atoms with Crippen LogP contribution in [0.1, 0.15) is 22.6 Å². The molecule has 0 fully saturated rings. The molecule has 6 heteroatoms. The van der Waals surface area contributed by atoms with E-state index in [1.165, 1.54) is 0 Å². The quantitative estimate of drug-likeness (QED) is 0.455. The fourth-order valence-electron chi connectivity index (χ4n) is 3.72. The zero-order valence-electron chi connectivity index (χ0n) is 18.7. The molecule has 0 saturated carbocycles. The molecule has 0 saturated heterocycles. The van der Waals surface area contributed by atoms with Gasteiger partial charge in [0.25, 0.3) is 0 Å². The van der Waals surface area contributed by atoms with E-state index in [1.807, 2.05) is 54.6 Å². The Balaban J connectivity index is 2.32. The van der Waals surface area contributed by atoms with Crippen LogP contribution >= 0.6 is 0 Å². The molecule has 0 N–H and O–H groups in total. The average Bonchev–Trinajstić information content (AvgIpc) is 2.84. The van der Waals surface area contributed by atoms with Gasteiger partial charge in [-0.1, -0.05) is 24.3 Å². The van der Waals surface area contributed by atoms with Gasteiger partial charge in [-0.15, -0.1) is 0 Å². The van der Waals surface area contributed by atoms with Crippen LogP contribution in [0.2, 0.25) is 0 Å². The highest BCUT2D eigenvalue weighted by atomic mass is 16.5. The van der Waals surface area contributed by atoms with E-state index in [0.29, 0.717) is 23.0 Å². The van der Waals surface area contributed by atoms with Crippen molar-refractivity contribution in [2.75, 3.05) is 42.7 Å². The van der Waals surface area contributed by atoms with Crippen LogP contribution in [0, 0.1) is 0 Å². The van der Waals surface area contributed by atoms with Crippen LogP contribution in [0.5, 0.6) is 34.5 Å². The number of benzene rings is 3. The lowest BCUT2D eigenvalue weighted by molar-refractivity contribution is 0.314. The maximum atomic E-state index is 5.83. The van der Waals surface area contributed by atoms with Crippen molar-refractivity contribution in [2.45, 2.75) is 5.92 Å². The van der Waals surface area contributed by atoms with Crippen molar-refractivity contribution in [3.8, 4) is 34.5 Å². The molecule has 0 aliphatic rings. The minimum absolute atomic E-state index is 0.207. The van der Waals surface area contributed by atoms with Crippen molar-refractivity contribution >= 4 is 0 Å². The lowest BCUT2D eigenvalue weighted by atomic mass is 9.83. The number of hydrogen-bond acceptors (Lipinski definition) is 6. The van der Waals surface area contributed by atoms with E-state index in [9.17, 15) is 0 Å². The van der Waals surface area contributed by atoms with E-state index in [4.69, 9.17) is 28.4 Å². The molecule has 6 nitrogen and oxygen atoms in total. The largest absolute Gasteiger partial charge is 0.497 e. The molecule has 0 atom stereocenters. The van der Waals surface area contributed by atoms with Gasteiger partial charge >= 0.3 is 0 Å². The number of methoxy groups -OCH3 is 6. The molecule has 164 valence electrons. The molecular weight excluding hydrogens is 396 g/mol. The van der Waals surface area contributed by atoms with Gasteiger partial charge in [0.2, 0.25) is 5.75 Å². The monoisotopic (exact) mass is 424 g/mol. The molecule has 0 radical (unpaired) electrons. The maximum absolute atomic E-state index is 5.83. The summed E-state index contributed by atoms with van der Waals surface area (Å²) in [7, 11) is 9.71. The van der Waals surface area contributed by atoms with Crippen LogP contribution in [-0.2, 0) is 0 Å². The van der Waals surface area contributed by atoms with Crippen molar-refractivity contribution in [2.24, 2.45) is 0 Å². The fraction of sp³-hybridized carbons (Fsp3) is 0.280. The summed E-state index contributed by atoms with van der Waals surface area (Å²) in [4.78, 5) is 0. The normalized spacial score (nSPS) is 10.5. The zero-order chi connectivity index (χ0) is 22.4. The molecule has 3 rings (SSSR count). The summed E-state index contributed by atoms with van der Waals surface area (Å²) in [5, 5.41) is 0. The summed E-state index contributed by atoms with van der Waals surface area (Å²) in [5.74, 6) is 3.57. The van der Waals surface area contributed by atoms with Gasteiger partial charge in [0.05, 0.1) is 48.2 Å². The molecule has 0 aromatic heterocycles. The first-order valence-electron chi connectivity index (χ1n) is 9.76. The van der Waals surface area contributed by atoms with Gasteiger partial charge in [-0.25, -0.2) is 0 Å². The molecule has 0 unspecified atom stereocenters. The summed E-state index contributed by atoms with van der Waals surface area (Å²) in [5.41, 5.74) is 2.91. The Morgan fingerprint density at radius 2 is 0.935 bits per heavy atom. The Bertz CT molecular complexity index is 949. The van der Waals surface area contributed by atoms with E-state index in [-0.39, 0.29) is 5.92 Å². The first-order chi connectivity index (χ1) is 15.1. The molecule has 0 aliphatic heterocycles. The van der Waals surface area contributed by atoms with Gasteiger partial charge < -0.3 is 28.4 Å². The molecule has 31 heavy (non-hydrogen) atoms. The van der Waals surface area contributed by atoms with E-state index >= 15 is 0 Å². The smallest absolute Gasteiger partial charge is 0.203 e. The average molecular weight is 424 g/mol. The summed E-state index contributed by atoms with van der Waals surface area (Å²) in [6.45, 7) is 0. The predicted octanol–water partition coefficient (Wildman–Crippen LogP) is 4.92. The van der Waals surface area contributed by atoms with Crippen molar-refractivity contribution in [1.29, 1.82) is 0 Å². The second-order valence-corrected chi connectivity index (χ2v) is 6.74. The van der Waals surface area contributed by atoms with Crippen LogP contribution in [-0.4, -0.2) is 42.7 Å². The van der Waals surface area contributed by atoms with Crippen LogP contribution in [0.25, 0.3) is 0 Å². The molecule has 3 aromatic carbocycles. The van der Waals surface area contributed by atoms with Crippen molar-refractivity contribution < 1.29 is 28.4 Å². The Labute approximate surface area is 183 Å². The third kappa shape index (κ3) is 4.33. The summed E-state index contributed by atoms with van der Waals surface area (Å²) in [6.07, 6.45) is 0. The second-order valence-electron chi connectivity index (χ2n) is 6.74. The highest BCUT2D eigenvalue weighted by Gasteiger charge is 2.30. The summed E-state index contributed by atoms with van der Waals surface area (Å²) >= 11 is 0. The van der Waals surface area contributed by atoms with E-state index in [0.717, 1.165) is 28.2 Å². The molecule has 0 aliphatic carbocycles. The molecule has 0 amide bonds. The SMILES string of the molecule is COc1ccc(C(c2ccc(OC)cc2)c2c(OC)cc(OC)c(OC)c2OC)cc1. The van der Waals surface area contributed by atoms with Crippen LogP contribution < -0.4 is 28.4 Å². The Morgan fingerprint density at radius 3 is 1.29 bits per heavy atom. The van der Waals surface area contributed by atoms with Gasteiger partial charge in [0.1, 0.15) is 17.2 Å². The first-order valence-corrected chi connectivity index (χ1v) is 9.76. The van der Waals surface area contributed by atoms with Gasteiger partial charge in [0, 0.05) is 12.0 Å². The van der Waals surface area contributed by atoms with E-state index in [2.05, 4.69) is 0 Å². The third-order valence-electron chi connectivity index (χ3n) is 5.24. The van der Waals surface area contributed by atoms with Crippen molar-refractivity contribution in [3.05, 3.63) is 71.3 Å². The minimum atomic E-state index is -0.207. The van der Waals surface area contributed by atoms with Crippen molar-refractivity contribution in [1.82, 2.24) is 0 Å². The third-order valence-corrected chi connectivity index (χ3v) is 5.24. The molecule has 0 bridgehead atoms. The lowest BCUT2D eigenvalue weighted by Gasteiger charge is -2.26. The summed E-state index contributed by atoms with van der Waals surface area (Å²) < 4.78 is 33.5.